The van der Waals surface area contributed by atoms with Gasteiger partial charge in [0.15, 0.2) is 5.78 Å². The van der Waals surface area contributed by atoms with Crippen LogP contribution in [0.2, 0.25) is 0 Å². The van der Waals surface area contributed by atoms with Crippen LogP contribution in [-0.4, -0.2) is 28.5 Å². The van der Waals surface area contributed by atoms with Crippen LogP contribution in [-0.2, 0) is 6.42 Å². The van der Waals surface area contributed by atoms with Crippen LogP contribution in [0.1, 0.15) is 68.5 Å². The van der Waals surface area contributed by atoms with E-state index >= 15 is 0 Å². The molecule has 0 aliphatic carbocycles. The average Bonchev–Trinajstić information content (AvgIpc) is 2.71. The summed E-state index contributed by atoms with van der Waals surface area (Å²) in [5.41, 5.74) is -0.251. The van der Waals surface area contributed by atoms with E-state index in [1.807, 2.05) is 6.92 Å². The van der Waals surface area contributed by atoms with E-state index in [1.54, 1.807) is 12.2 Å². The molecule has 0 aliphatic rings. The van der Waals surface area contributed by atoms with Crippen molar-refractivity contribution in [1.29, 1.82) is 0 Å². The summed E-state index contributed by atoms with van der Waals surface area (Å²) in [6.45, 7) is 3.33. The fourth-order valence-electron chi connectivity index (χ4n) is 2.79. The molecular formula is C23H29F2NO6. The molecule has 176 valence electrons. The van der Waals surface area contributed by atoms with Crippen molar-refractivity contribution in [3.8, 4) is 5.75 Å². The molecule has 32 heavy (non-hydrogen) atoms. The van der Waals surface area contributed by atoms with E-state index in [0.717, 1.165) is 5.57 Å². The Morgan fingerprint density at radius 2 is 1.91 bits per heavy atom. The Balaban J connectivity index is 2.72. The molecular weight excluding hydrogens is 424 g/mol. The molecule has 0 aromatic carbocycles. The number of carbonyl (C=O) groups excluding carboxylic acids is 1. The second kappa shape index (κ2) is 14.0. The Bertz CT molecular complexity index is 931. The lowest BCUT2D eigenvalue weighted by Crippen LogP contribution is -2.16. The molecule has 0 bridgehead atoms. The first-order valence-corrected chi connectivity index (χ1v) is 10.3. The van der Waals surface area contributed by atoms with E-state index in [9.17, 15) is 28.3 Å². The first-order chi connectivity index (χ1) is 15.1. The van der Waals surface area contributed by atoms with Crippen LogP contribution in [0.15, 0.2) is 50.9 Å². The molecule has 0 spiro atoms. The first-order valence-electron chi connectivity index (χ1n) is 10.3. The fourth-order valence-corrected chi connectivity index (χ4v) is 2.79. The second-order valence-corrected chi connectivity index (χ2v) is 7.33. The number of carbonyl (C=O) groups is 2. The van der Waals surface area contributed by atoms with Gasteiger partial charge in [0.1, 0.15) is 17.1 Å². The Hall–Kier alpha value is -3.23. The SMILES string of the molecule is C/C(=C\C=C(/C)C(=O)c1c(O)cc(CCC/C=C/NC(=O)O)oc1=O)CCCCC(F)F. The molecule has 0 aliphatic heterocycles. The second-order valence-electron chi connectivity index (χ2n) is 7.33. The smallest absolute Gasteiger partial charge is 0.408 e. The highest BCUT2D eigenvalue weighted by atomic mass is 19.3. The zero-order valence-corrected chi connectivity index (χ0v) is 18.2. The monoisotopic (exact) mass is 453 g/mol. The lowest BCUT2D eigenvalue weighted by atomic mass is 10.0. The maximum Gasteiger partial charge on any atom is 0.408 e. The highest BCUT2D eigenvalue weighted by Crippen LogP contribution is 2.20. The third kappa shape index (κ3) is 10.2. The number of nitrogens with one attached hydrogen (secondary N) is 1. The van der Waals surface area contributed by atoms with Crippen molar-refractivity contribution in [2.75, 3.05) is 0 Å². The molecule has 0 saturated heterocycles. The fraction of sp³-hybridized carbons (Fsp3) is 0.435. The molecule has 1 heterocycles. The van der Waals surface area contributed by atoms with Gasteiger partial charge in [0.05, 0.1) is 0 Å². The molecule has 0 saturated carbocycles. The van der Waals surface area contributed by atoms with Gasteiger partial charge in [-0.25, -0.2) is 18.4 Å². The topological polar surface area (TPSA) is 117 Å². The molecule has 0 atom stereocenters. The summed E-state index contributed by atoms with van der Waals surface area (Å²) < 4.78 is 29.4. The number of ketones is 1. The van der Waals surface area contributed by atoms with Crippen molar-refractivity contribution in [3.63, 3.8) is 0 Å². The number of allylic oxidation sites excluding steroid dienone is 5. The Morgan fingerprint density at radius 1 is 1.19 bits per heavy atom. The standard InChI is InChI=1S/C23H29F2NO6/c1-15(8-5-6-10-19(24)25)11-12-16(2)21(28)20-18(27)14-17(32-22(20)29)9-4-3-7-13-26-23(30)31/h7,11-14,19,26-27H,3-6,8-10H2,1-2H3,(H,30,31)/b13-7+,15-11+,16-12+. The van der Waals surface area contributed by atoms with E-state index in [2.05, 4.69) is 5.32 Å². The number of unbranched alkanes of at least 4 members (excludes halogenated alkanes) is 2. The minimum Gasteiger partial charge on any atom is -0.507 e. The zero-order valence-electron chi connectivity index (χ0n) is 18.2. The van der Waals surface area contributed by atoms with Gasteiger partial charge in [-0.3, -0.25) is 10.1 Å². The van der Waals surface area contributed by atoms with E-state index in [0.29, 0.717) is 38.5 Å². The average molecular weight is 453 g/mol. The summed E-state index contributed by atoms with van der Waals surface area (Å²) in [4.78, 5) is 35.1. The van der Waals surface area contributed by atoms with E-state index in [4.69, 9.17) is 9.52 Å². The quantitative estimate of drug-likeness (QED) is 0.160. The number of halogens is 2. The summed E-state index contributed by atoms with van der Waals surface area (Å²) in [5, 5.41) is 20.7. The summed E-state index contributed by atoms with van der Waals surface area (Å²) in [6.07, 6.45) is 5.51. The lowest BCUT2D eigenvalue weighted by Gasteiger charge is -2.05. The molecule has 3 N–H and O–H groups in total. The van der Waals surface area contributed by atoms with Crippen molar-refractivity contribution in [2.45, 2.75) is 65.2 Å². The third-order valence-electron chi connectivity index (χ3n) is 4.55. The summed E-state index contributed by atoms with van der Waals surface area (Å²) in [6, 6.07) is 1.23. The lowest BCUT2D eigenvalue weighted by molar-refractivity contribution is 0.102. The van der Waals surface area contributed by atoms with Crippen molar-refractivity contribution in [2.24, 2.45) is 0 Å². The molecule has 1 aromatic rings. The summed E-state index contributed by atoms with van der Waals surface area (Å²) in [7, 11) is 0. The Morgan fingerprint density at radius 3 is 2.53 bits per heavy atom. The summed E-state index contributed by atoms with van der Waals surface area (Å²) in [5.74, 6) is -0.915. The van der Waals surface area contributed by atoms with Crippen LogP contribution < -0.4 is 10.9 Å². The van der Waals surface area contributed by atoms with Gasteiger partial charge in [0.25, 0.3) is 0 Å². The molecule has 1 aromatic heterocycles. The van der Waals surface area contributed by atoms with Crippen LogP contribution in [0.4, 0.5) is 13.6 Å². The number of amides is 1. The van der Waals surface area contributed by atoms with Crippen LogP contribution in [0.5, 0.6) is 5.75 Å². The highest BCUT2D eigenvalue weighted by Gasteiger charge is 2.20. The van der Waals surface area contributed by atoms with E-state index < -0.39 is 35.2 Å². The van der Waals surface area contributed by atoms with Gasteiger partial charge in [0.2, 0.25) is 6.43 Å². The largest absolute Gasteiger partial charge is 0.507 e. The Labute approximate surface area is 185 Å². The summed E-state index contributed by atoms with van der Waals surface area (Å²) >= 11 is 0. The molecule has 0 fully saturated rings. The van der Waals surface area contributed by atoms with E-state index in [1.165, 1.54) is 25.3 Å². The third-order valence-corrected chi connectivity index (χ3v) is 4.55. The van der Waals surface area contributed by atoms with Crippen molar-refractivity contribution < 1.29 is 33.0 Å². The number of hydrogen-bond donors (Lipinski definition) is 3. The van der Waals surface area contributed by atoms with Crippen molar-refractivity contribution in [1.82, 2.24) is 5.32 Å². The molecule has 9 heteroatoms. The predicted octanol–water partition coefficient (Wildman–Crippen LogP) is 5.35. The number of alkyl halides is 2. The number of hydrogen-bond acceptors (Lipinski definition) is 5. The van der Waals surface area contributed by atoms with Gasteiger partial charge in [-0.1, -0.05) is 23.8 Å². The number of aromatic hydroxyl groups is 1. The maximum atomic E-state index is 12.6. The van der Waals surface area contributed by atoms with Crippen LogP contribution in [0, 0.1) is 0 Å². The predicted molar refractivity (Wildman–Crippen MR) is 116 cm³/mol. The Kier molecular flexibility index (Phi) is 11.7. The molecule has 1 amide bonds. The number of Topliss-reactive ketones (excluding diaryl/α,β-unsaturated/α-hetero) is 1. The molecule has 0 unspecified atom stereocenters. The van der Waals surface area contributed by atoms with Gasteiger partial charge in [-0.15, -0.1) is 0 Å². The van der Waals surface area contributed by atoms with Gasteiger partial charge in [-0.2, -0.15) is 0 Å². The molecule has 0 radical (unpaired) electrons. The van der Waals surface area contributed by atoms with Crippen LogP contribution in [0.3, 0.4) is 0 Å². The van der Waals surface area contributed by atoms with Crippen LogP contribution >= 0.6 is 0 Å². The van der Waals surface area contributed by atoms with Gasteiger partial charge in [-0.05, 0) is 51.5 Å². The number of aryl methyl sites for hydroxylation is 1. The van der Waals surface area contributed by atoms with Crippen molar-refractivity contribution >= 4 is 11.9 Å². The van der Waals surface area contributed by atoms with E-state index in [-0.39, 0.29) is 17.8 Å². The molecule has 1 rings (SSSR count). The van der Waals surface area contributed by atoms with Gasteiger partial charge >= 0.3 is 11.7 Å². The normalized spacial score (nSPS) is 12.5. The van der Waals surface area contributed by atoms with Gasteiger partial charge < -0.3 is 14.6 Å². The highest BCUT2D eigenvalue weighted by molar-refractivity contribution is 6.09. The minimum atomic E-state index is -2.30. The number of carboxylic acid groups (broad SMARTS) is 1. The minimum absolute atomic E-state index is 0.135. The molecule has 7 nitrogen and oxygen atoms in total. The number of rotatable bonds is 13. The van der Waals surface area contributed by atoms with Crippen LogP contribution in [0.25, 0.3) is 0 Å². The van der Waals surface area contributed by atoms with Gasteiger partial charge in [0, 0.05) is 25.1 Å². The first kappa shape index (κ1) is 26.8. The van der Waals surface area contributed by atoms with Crippen molar-refractivity contribution in [3.05, 3.63) is 63.4 Å². The maximum absolute atomic E-state index is 12.6. The zero-order chi connectivity index (χ0) is 24.1.